The first kappa shape index (κ1) is 14.8. The lowest BCUT2D eigenvalue weighted by molar-refractivity contribution is -0.124. The predicted octanol–water partition coefficient (Wildman–Crippen LogP) is 0.334. The number of hydrogen-bond acceptors (Lipinski definition) is 3. The van der Waals surface area contributed by atoms with Crippen molar-refractivity contribution in [2.45, 2.75) is 19.3 Å². The standard InChI is InChI=1S/C16H23N5O/c17-16(19-7-9-21-8-6-18-15(22)11-21)20-14-5-4-12-2-1-3-13(12)10-14/h4-5,10H,1-3,6-9,11H2,(H,18,22)(H3,17,19,20). The van der Waals surface area contributed by atoms with Crippen LogP contribution >= 0.6 is 0 Å². The van der Waals surface area contributed by atoms with Crippen LogP contribution in [0.2, 0.25) is 0 Å². The summed E-state index contributed by atoms with van der Waals surface area (Å²) >= 11 is 0. The molecule has 1 aliphatic carbocycles. The molecule has 2 aliphatic rings. The molecule has 1 fully saturated rings. The maximum atomic E-state index is 11.3. The third kappa shape index (κ3) is 3.76. The molecule has 0 saturated carbocycles. The van der Waals surface area contributed by atoms with Crippen LogP contribution in [0.4, 0.5) is 5.69 Å². The molecule has 3 rings (SSSR count). The van der Waals surface area contributed by atoms with Crippen LogP contribution in [0.15, 0.2) is 23.2 Å². The second-order valence-corrected chi connectivity index (χ2v) is 5.86. The smallest absolute Gasteiger partial charge is 0.234 e. The van der Waals surface area contributed by atoms with E-state index in [1.54, 1.807) is 0 Å². The van der Waals surface area contributed by atoms with Gasteiger partial charge < -0.3 is 16.4 Å². The minimum atomic E-state index is 0.0828. The number of hydrogen-bond donors (Lipinski definition) is 3. The number of nitrogens with zero attached hydrogens (tertiary/aromatic N) is 2. The minimum Gasteiger partial charge on any atom is -0.370 e. The zero-order valence-electron chi connectivity index (χ0n) is 12.8. The van der Waals surface area contributed by atoms with E-state index >= 15 is 0 Å². The summed E-state index contributed by atoms with van der Waals surface area (Å²) in [7, 11) is 0. The topological polar surface area (TPSA) is 82.8 Å². The summed E-state index contributed by atoms with van der Waals surface area (Å²) in [5, 5.41) is 5.96. The van der Waals surface area contributed by atoms with Gasteiger partial charge >= 0.3 is 0 Å². The number of rotatable bonds is 4. The van der Waals surface area contributed by atoms with E-state index in [0.29, 0.717) is 25.6 Å². The monoisotopic (exact) mass is 301 g/mol. The van der Waals surface area contributed by atoms with Gasteiger partial charge in [-0.1, -0.05) is 6.07 Å². The third-order valence-electron chi connectivity index (χ3n) is 4.19. The second kappa shape index (κ2) is 6.79. The number of anilines is 1. The quantitative estimate of drug-likeness (QED) is 0.553. The van der Waals surface area contributed by atoms with Crippen molar-refractivity contribution < 1.29 is 4.79 Å². The fraction of sp³-hybridized carbons (Fsp3) is 0.500. The van der Waals surface area contributed by atoms with Gasteiger partial charge in [0, 0.05) is 25.3 Å². The number of piperazine rings is 1. The molecule has 118 valence electrons. The molecule has 0 radical (unpaired) electrons. The Labute approximate surface area is 130 Å². The summed E-state index contributed by atoms with van der Waals surface area (Å²) in [6.07, 6.45) is 3.58. The number of guanidine groups is 1. The Bertz CT molecular complexity index is 584. The van der Waals surface area contributed by atoms with Gasteiger partial charge in [0.1, 0.15) is 0 Å². The highest BCUT2D eigenvalue weighted by Gasteiger charge is 2.15. The van der Waals surface area contributed by atoms with Crippen molar-refractivity contribution in [2.24, 2.45) is 10.7 Å². The van der Waals surface area contributed by atoms with E-state index in [1.807, 2.05) is 0 Å². The Hall–Kier alpha value is -2.08. The van der Waals surface area contributed by atoms with Gasteiger partial charge in [-0.05, 0) is 42.5 Å². The Morgan fingerprint density at radius 2 is 2.23 bits per heavy atom. The molecule has 6 nitrogen and oxygen atoms in total. The van der Waals surface area contributed by atoms with E-state index in [4.69, 9.17) is 5.73 Å². The Kier molecular flexibility index (Phi) is 4.58. The van der Waals surface area contributed by atoms with E-state index < -0.39 is 0 Å². The van der Waals surface area contributed by atoms with Crippen molar-refractivity contribution in [3.05, 3.63) is 29.3 Å². The number of amides is 1. The highest BCUT2D eigenvalue weighted by atomic mass is 16.2. The number of aryl methyl sites for hydroxylation is 2. The van der Waals surface area contributed by atoms with Crippen LogP contribution in [0.1, 0.15) is 17.5 Å². The van der Waals surface area contributed by atoms with Crippen molar-refractivity contribution >= 4 is 17.6 Å². The molecular weight excluding hydrogens is 278 g/mol. The molecule has 22 heavy (non-hydrogen) atoms. The van der Waals surface area contributed by atoms with Crippen molar-refractivity contribution in [3.63, 3.8) is 0 Å². The Morgan fingerprint density at radius 3 is 3.09 bits per heavy atom. The van der Waals surface area contributed by atoms with Gasteiger partial charge in [-0.15, -0.1) is 0 Å². The molecule has 0 aromatic heterocycles. The zero-order chi connectivity index (χ0) is 15.4. The van der Waals surface area contributed by atoms with E-state index in [-0.39, 0.29) is 5.91 Å². The van der Waals surface area contributed by atoms with Gasteiger partial charge in [0.25, 0.3) is 0 Å². The summed E-state index contributed by atoms with van der Waals surface area (Å²) in [6.45, 7) is 3.38. The molecule has 1 aromatic rings. The lowest BCUT2D eigenvalue weighted by Gasteiger charge is -2.25. The van der Waals surface area contributed by atoms with E-state index in [1.165, 1.54) is 24.0 Å². The maximum absolute atomic E-state index is 11.3. The number of carbonyl (C=O) groups is 1. The first-order valence-corrected chi connectivity index (χ1v) is 7.88. The molecule has 1 saturated heterocycles. The number of fused-ring (bicyclic) bond motifs is 1. The van der Waals surface area contributed by atoms with Crippen molar-refractivity contribution in [1.82, 2.24) is 10.2 Å². The van der Waals surface area contributed by atoms with E-state index in [9.17, 15) is 4.79 Å². The van der Waals surface area contributed by atoms with E-state index in [0.717, 1.165) is 25.2 Å². The number of benzene rings is 1. The van der Waals surface area contributed by atoms with Gasteiger partial charge in [-0.2, -0.15) is 0 Å². The Morgan fingerprint density at radius 1 is 1.36 bits per heavy atom. The van der Waals surface area contributed by atoms with Gasteiger partial charge in [0.2, 0.25) is 5.91 Å². The van der Waals surface area contributed by atoms with Crippen LogP contribution in [0.5, 0.6) is 0 Å². The summed E-state index contributed by atoms with van der Waals surface area (Å²) in [5.74, 6) is 0.513. The first-order valence-electron chi connectivity index (χ1n) is 7.88. The average Bonchev–Trinajstić information content (AvgIpc) is 2.95. The first-order chi connectivity index (χ1) is 10.7. The average molecular weight is 301 g/mol. The second-order valence-electron chi connectivity index (χ2n) is 5.86. The van der Waals surface area contributed by atoms with Gasteiger partial charge in [0.05, 0.1) is 13.1 Å². The number of nitrogens with two attached hydrogens (primary N) is 1. The zero-order valence-corrected chi connectivity index (χ0v) is 12.8. The number of aliphatic imine (C=N–C) groups is 1. The van der Waals surface area contributed by atoms with Crippen molar-refractivity contribution in [1.29, 1.82) is 0 Å². The molecule has 1 amide bonds. The largest absolute Gasteiger partial charge is 0.370 e. The van der Waals surface area contributed by atoms with Crippen LogP contribution in [0.25, 0.3) is 0 Å². The molecule has 1 aromatic carbocycles. The summed E-state index contributed by atoms with van der Waals surface area (Å²) in [5.41, 5.74) is 9.80. The number of carbonyl (C=O) groups excluding carboxylic acids is 1. The molecule has 0 unspecified atom stereocenters. The highest BCUT2D eigenvalue weighted by Crippen LogP contribution is 2.24. The molecule has 6 heteroatoms. The molecule has 0 atom stereocenters. The van der Waals surface area contributed by atoms with Crippen LogP contribution in [-0.4, -0.2) is 49.5 Å². The fourth-order valence-corrected chi connectivity index (χ4v) is 3.03. The molecule has 0 bridgehead atoms. The maximum Gasteiger partial charge on any atom is 0.234 e. The molecule has 4 N–H and O–H groups in total. The lowest BCUT2D eigenvalue weighted by atomic mass is 10.1. The van der Waals surface area contributed by atoms with Crippen LogP contribution < -0.4 is 16.4 Å². The SMILES string of the molecule is NC(=NCCN1CCNC(=O)C1)Nc1ccc2c(c1)CCC2. The predicted molar refractivity (Wildman–Crippen MR) is 88.0 cm³/mol. The van der Waals surface area contributed by atoms with Gasteiger partial charge in [0.15, 0.2) is 5.96 Å². The van der Waals surface area contributed by atoms with E-state index in [2.05, 4.69) is 38.7 Å². The third-order valence-corrected chi connectivity index (χ3v) is 4.19. The van der Waals surface area contributed by atoms with Gasteiger partial charge in [-0.25, -0.2) is 0 Å². The molecular formula is C16H23N5O. The number of nitrogens with one attached hydrogen (secondary N) is 2. The summed E-state index contributed by atoms with van der Waals surface area (Å²) in [4.78, 5) is 17.7. The fourth-order valence-electron chi connectivity index (χ4n) is 3.03. The van der Waals surface area contributed by atoms with Crippen LogP contribution in [-0.2, 0) is 17.6 Å². The normalized spacial score (nSPS) is 18.9. The summed E-state index contributed by atoms with van der Waals surface area (Å²) in [6, 6.07) is 6.39. The molecule has 1 aliphatic heterocycles. The van der Waals surface area contributed by atoms with Crippen LogP contribution in [0, 0.1) is 0 Å². The summed E-state index contributed by atoms with van der Waals surface area (Å²) < 4.78 is 0. The van der Waals surface area contributed by atoms with Gasteiger partial charge in [-0.3, -0.25) is 14.7 Å². The minimum absolute atomic E-state index is 0.0828. The molecule has 0 spiro atoms. The van der Waals surface area contributed by atoms with Crippen molar-refractivity contribution in [3.8, 4) is 0 Å². The van der Waals surface area contributed by atoms with Crippen LogP contribution in [0.3, 0.4) is 0 Å². The highest BCUT2D eigenvalue weighted by molar-refractivity contribution is 5.92. The lowest BCUT2D eigenvalue weighted by Crippen LogP contribution is -2.48. The Balaban J connectivity index is 1.48. The molecule has 1 heterocycles. The van der Waals surface area contributed by atoms with Crippen molar-refractivity contribution in [2.75, 3.05) is 38.0 Å².